The monoisotopic (exact) mass is 398 g/mol. The van der Waals surface area contributed by atoms with E-state index in [1.165, 1.54) is 0 Å². The summed E-state index contributed by atoms with van der Waals surface area (Å²) in [5, 5.41) is 0. The van der Waals surface area contributed by atoms with E-state index in [2.05, 4.69) is 9.88 Å². The third-order valence-electron chi connectivity index (χ3n) is 6.70. The van der Waals surface area contributed by atoms with E-state index in [4.69, 9.17) is 4.42 Å². The molecular formula is C21H26N4O4. The number of piperidine rings is 1. The molecule has 3 aliphatic heterocycles. The van der Waals surface area contributed by atoms with Crippen LogP contribution in [0.25, 0.3) is 11.1 Å². The molecule has 1 N–H and O–H groups in total. The number of fused-ring (bicyclic) bond motifs is 1. The van der Waals surface area contributed by atoms with E-state index in [1.807, 2.05) is 9.80 Å². The quantitative estimate of drug-likeness (QED) is 0.841. The van der Waals surface area contributed by atoms with Gasteiger partial charge in [-0.1, -0.05) is 0 Å². The molecule has 1 aromatic heterocycles. The van der Waals surface area contributed by atoms with Crippen molar-refractivity contribution in [2.75, 3.05) is 45.8 Å². The molecule has 8 nitrogen and oxygen atoms in total. The van der Waals surface area contributed by atoms with Gasteiger partial charge in [0.1, 0.15) is 0 Å². The summed E-state index contributed by atoms with van der Waals surface area (Å²) in [5.41, 5.74) is 1.64. The van der Waals surface area contributed by atoms with E-state index >= 15 is 0 Å². The van der Waals surface area contributed by atoms with E-state index in [1.54, 1.807) is 18.2 Å². The fraction of sp³-hybridized carbons (Fsp3) is 0.571. The van der Waals surface area contributed by atoms with Gasteiger partial charge >= 0.3 is 5.76 Å². The molecule has 0 radical (unpaired) electrons. The Morgan fingerprint density at radius 3 is 2.69 bits per heavy atom. The maximum atomic E-state index is 13.0. The van der Waals surface area contributed by atoms with E-state index in [0.29, 0.717) is 23.2 Å². The van der Waals surface area contributed by atoms with E-state index in [-0.39, 0.29) is 17.2 Å². The van der Waals surface area contributed by atoms with Gasteiger partial charge in [-0.2, -0.15) is 0 Å². The van der Waals surface area contributed by atoms with Crippen molar-refractivity contribution in [2.24, 2.45) is 5.41 Å². The third kappa shape index (κ3) is 3.46. The van der Waals surface area contributed by atoms with Crippen LogP contribution < -0.4 is 5.76 Å². The summed E-state index contributed by atoms with van der Waals surface area (Å²) >= 11 is 0. The Hall–Kier alpha value is -2.61. The fourth-order valence-electron chi connectivity index (χ4n) is 5.01. The van der Waals surface area contributed by atoms with Crippen molar-refractivity contribution >= 4 is 22.9 Å². The molecule has 8 heteroatoms. The second-order valence-electron chi connectivity index (χ2n) is 8.75. The van der Waals surface area contributed by atoms with Crippen LogP contribution in [0, 0.1) is 5.41 Å². The first-order chi connectivity index (χ1) is 14.0. The number of oxazole rings is 1. The molecule has 3 fully saturated rings. The molecule has 0 aliphatic carbocycles. The van der Waals surface area contributed by atoms with Gasteiger partial charge in [0, 0.05) is 43.7 Å². The number of aromatic amines is 1. The summed E-state index contributed by atoms with van der Waals surface area (Å²) in [7, 11) is 0. The van der Waals surface area contributed by atoms with Crippen molar-refractivity contribution < 1.29 is 14.0 Å². The molecule has 154 valence electrons. The molecule has 29 heavy (non-hydrogen) atoms. The van der Waals surface area contributed by atoms with Crippen molar-refractivity contribution in [3.8, 4) is 0 Å². The van der Waals surface area contributed by atoms with Gasteiger partial charge in [-0.15, -0.1) is 0 Å². The summed E-state index contributed by atoms with van der Waals surface area (Å²) in [6.45, 7) is 5.58. The lowest BCUT2D eigenvalue weighted by atomic mass is 9.79. The molecule has 1 aromatic carbocycles. The Bertz CT molecular complexity index is 1010. The highest BCUT2D eigenvalue weighted by atomic mass is 16.4. The van der Waals surface area contributed by atoms with Crippen LogP contribution in [-0.2, 0) is 4.79 Å². The van der Waals surface area contributed by atoms with Crippen LogP contribution in [0.1, 0.15) is 36.0 Å². The predicted octanol–water partition coefficient (Wildman–Crippen LogP) is 1.28. The van der Waals surface area contributed by atoms with Gasteiger partial charge in [0.25, 0.3) is 5.91 Å². The summed E-state index contributed by atoms with van der Waals surface area (Å²) < 4.78 is 5.02. The minimum absolute atomic E-state index is 0.0143. The van der Waals surface area contributed by atoms with Crippen LogP contribution in [-0.4, -0.2) is 77.3 Å². The van der Waals surface area contributed by atoms with Crippen LogP contribution in [0.3, 0.4) is 0 Å². The summed E-state index contributed by atoms with van der Waals surface area (Å²) in [6, 6.07) is 5.06. The van der Waals surface area contributed by atoms with Gasteiger partial charge in [0.15, 0.2) is 5.58 Å². The van der Waals surface area contributed by atoms with Crippen LogP contribution in [0.15, 0.2) is 27.4 Å². The van der Waals surface area contributed by atoms with Crippen molar-refractivity contribution in [1.29, 1.82) is 0 Å². The molecule has 1 spiro atoms. The molecule has 0 saturated carbocycles. The van der Waals surface area contributed by atoms with Crippen molar-refractivity contribution in [3.05, 3.63) is 34.3 Å². The Morgan fingerprint density at radius 1 is 1.03 bits per heavy atom. The zero-order chi connectivity index (χ0) is 20.0. The molecular weight excluding hydrogens is 372 g/mol. The second kappa shape index (κ2) is 7.02. The molecule has 2 amide bonds. The first-order valence-corrected chi connectivity index (χ1v) is 10.4. The standard InChI is InChI=1S/C21H26N4O4/c26-18(24-8-2-9-24)12-23-7-1-5-21(13-23)6-10-25(14-21)19(27)15-3-4-17-16(11-15)22-20(28)29-17/h3-4,11H,1-2,5-10,12-14H2,(H,22,28). The van der Waals surface area contributed by atoms with Crippen molar-refractivity contribution in [2.45, 2.75) is 25.7 Å². The number of H-pyrrole nitrogens is 1. The number of amides is 2. The highest BCUT2D eigenvalue weighted by Gasteiger charge is 2.43. The van der Waals surface area contributed by atoms with E-state index < -0.39 is 5.76 Å². The molecule has 4 heterocycles. The number of aromatic nitrogens is 1. The Balaban J connectivity index is 1.26. The number of likely N-dealkylation sites (tertiary alicyclic amines) is 3. The molecule has 1 atom stereocenters. The fourth-order valence-corrected chi connectivity index (χ4v) is 5.01. The number of carbonyl (C=O) groups is 2. The van der Waals surface area contributed by atoms with E-state index in [0.717, 1.165) is 65.0 Å². The molecule has 0 bridgehead atoms. The number of rotatable bonds is 3. The zero-order valence-corrected chi connectivity index (χ0v) is 16.5. The zero-order valence-electron chi connectivity index (χ0n) is 16.5. The summed E-state index contributed by atoms with van der Waals surface area (Å²) in [4.78, 5) is 45.5. The van der Waals surface area contributed by atoms with Crippen LogP contribution in [0.5, 0.6) is 0 Å². The molecule has 2 aromatic rings. The van der Waals surface area contributed by atoms with Crippen LogP contribution in [0.4, 0.5) is 0 Å². The Kier molecular flexibility index (Phi) is 4.46. The average Bonchev–Trinajstić information content (AvgIpc) is 3.21. The first-order valence-electron chi connectivity index (χ1n) is 10.4. The SMILES string of the molecule is O=C(CN1CCCC2(CCN(C(=O)c3ccc4oc(=O)[nH]c4c3)C2)C1)N1CCC1. The highest BCUT2D eigenvalue weighted by Crippen LogP contribution is 2.39. The van der Waals surface area contributed by atoms with Gasteiger partial charge in [-0.25, -0.2) is 4.79 Å². The number of nitrogens with one attached hydrogen (secondary N) is 1. The van der Waals surface area contributed by atoms with Gasteiger partial charge in [-0.3, -0.25) is 19.5 Å². The smallest absolute Gasteiger partial charge is 0.408 e. The predicted molar refractivity (Wildman–Crippen MR) is 107 cm³/mol. The number of hydrogen-bond donors (Lipinski definition) is 1. The van der Waals surface area contributed by atoms with Crippen LogP contribution >= 0.6 is 0 Å². The largest absolute Gasteiger partial charge is 0.417 e. The van der Waals surface area contributed by atoms with Crippen molar-refractivity contribution in [1.82, 2.24) is 19.7 Å². The van der Waals surface area contributed by atoms with Gasteiger partial charge < -0.3 is 14.2 Å². The number of nitrogens with zero attached hydrogens (tertiary/aromatic N) is 3. The number of benzene rings is 1. The lowest BCUT2D eigenvalue weighted by Crippen LogP contribution is -2.51. The highest BCUT2D eigenvalue weighted by molar-refractivity contribution is 5.97. The Labute approximate surface area is 168 Å². The van der Waals surface area contributed by atoms with Crippen molar-refractivity contribution in [3.63, 3.8) is 0 Å². The summed E-state index contributed by atoms with van der Waals surface area (Å²) in [6.07, 6.45) is 4.25. The minimum atomic E-state index is -0.514. The van der Waals surface area contributed by atoms with Gasteiger partial charge in [0.05, 0.1) is 12.1 Å². The second-order valence-corrected chi connectivity index (χ2v) is 8.75. The number of carbonyl (C=O) groups excluding carboxylic acids is 2. The average molecular weight is 398 g/mol. The van der Waals surface area contributed by atoms with Gasteiger partial charge in [0.2, 0.25) is 5.91 Å². The van der Waals surface area contributed by atoms with E-state index in [9.17, 15) is 14.4 Å². The minimum Gasteiger partial charge on any atom is -0.408 e. The molecule has 5 rings (SSSR count). The molecule has 1 unspecified atom stereocenters. The van der Waals surface area contributed by atoms with Crippen LogP contribution in [0.2, 0.25) is 0 Å². The number of hydrogen-bond acceptors (Lipinski definition) is 5. The topological polar surface area (TPSA) is 89.9 Å². The summed E-state index contributed by atoms with van der Waals surface area (Å²) in [5.74, 6) is -0.291. The maximum Gasteiger partial charge on any atom is 0.417 e. The first kappa shape index (κ1) is 18.4. The third-order valence-corrected chi connectivity index (χ3v) is 6.70. The Morgan fingerprint density at radius 2 is 1.90 bits per heavy atom. The molecule has 3 aliphatic rings. The lowest BCUT2D eigenvalue weighted by Gasteiger charge is -2.41. The molecule has 3 saturated heterocycles. The maximum absolute atomic E-state index is 13.0. The normalized spacial score (nSPS) is 25.0. The lowest BCUT2D eigenvalue weighted by molar-refractivity contribution is -0.136. The van der Waals surface area contributed by atoms with Gasteiger partial charge in [-0.05, 0) is 50.4 Å².